The van der Waals surface area contributed by atoms with Crippen molar-refractivity contribution in [1.29, 1.82) is 0 Å². The molecule has 0 aliphatic heterocycles. The summed E-state index contributed by atoms with van der Waals surface area (Å²) >= 11 is 0. The quantitative estimate of drug-likeness (QED) is 0.134. The molecule has 0 aliphatic carbocycles. The van der Waals surface area contributed by atoms with Gasteiger partial charge in [-0.1, -0.05) is 146 Å². The first-order chi connectivity index (χ1) is 45.9. The van der Waals surface area contributed by atoms with Gasteiger partial charge in [0.1, 0.15) is 0 Å². The van der Waals surface area contributed by atoms with E-state index in [-0.39, 0.29) is 60.3 Å². The van der Waals surface area contributed by atoms with Gasteiger partial charge in [0.25, 0.3) is 0 Å². The molecule has 0 fully saturated rings. The molecule has 0 amide bonds. The molecule has 0 saturated carbocycles. The summed E-state index contributed by atoms with van der Waals surface area (Å²) in [5, 5.41) is 0. The van der Waals surface area contributed by atoms with Crippen molar-refractivity contribution in [2.24, 2.45) is 0 Å². The van der Waals surface area contributed by atoms with Crippen molar-refractivity contribution in [2.45, 2.75) is 20.8 Å². The Hall–Kier alpha value is -10.2. The largest absolute Gasteiger partial charge is 0.305 e. The fraction of sp³-hybridized carbons (Fsp3) is 0.0345. The fourth-order valence-electron chi connectivity index (χ4n) is 9.61. The van der Waals surface area contributed by atoms with Crippen LogP contribution >= 0.6 is 0 Å². The zero-order valence-corrected chi connectivity index (χ0v) is 60.3. The molecule has 15 rings (SSSR count). The van der Waals surface area contributed by atoms with Gasteiger partial charge in [0.05, 0.1) is 0 Å². The second-order valence-electron chi connectivity index (χ2n) is 21.1. The summed E-state index contributed by atoms with van der Waals surface area (Å²) in [6, 6.07) is 121. The van der Waals surface area contributed by atoms with Gasteiger partial charge in [-0.3, -0.25) is 0 Å². The van der Waals surface area contributed by atoms with Crippen LogP contribution in [-0.2, 0) is 60.3 Å². The van der Waals surface area contributed by atoms with Gasteiger partial charge in [-0.2, -0.15) is 0 Å². The molecular formula is C87H66Ir3N6-6. The smallest absolute Gasteiger partial charge is 0.0242 e. The van der Waals surface area contributed by atoms with Crippen LogP contribution in [0.1, 0.15) is 16.7 Å². The van der Waals surface area contributed by atoms with E-state index >= 15 is 0 Å². The third-order valence-electron chi connectivity index (χ3n) is 14.4. The molecule has 0 bridgehead atoms. The monoisotopic (exact) mass is 1770 g/mol. The minimum Gasteiger partial charge on any atom is -0.305 e. The SMILES string of the molecule is Cc1cc(-c2[c-]cccc2)ncc1-c1ccccc1.Cc1ccc(-c2[c-]cccc2)nc1.Cc1ccccc1-c1ccnc(-c2[c-]cccc2)c1.[Ir].[Ir].[Ir].[c-]1ccccc1-c1ccc(-c2ccccc2)cn1.[c-]1ccccc1-c1ccccn1.[c-]1ccccc1-c1ccccn1. The van der Waals surface area contributed by atoms with Crippen LogP contribution in [0.3, 0.4) is 0 Å². The molecule has 96 heavy (non-hydrogen) atoms. The predicted octanol–water partition coefficient (Wildman–Crippen LogP) is 21.2. The van der Waals surface area contributed by atoms with Crippen LogP contribution in [0.25, 0.3) is 101 Å². The number of hydrogen-bond donors (Lipinski definition) is 0. The Morgan fingerprint density at radius 1 is 0.219 bits per heavy atom. The van der Waals surface area contributed by atoms with E-state index in [1.165, 1.54) is 44.5 Å². The van der Waals surface area contributed by atoms with E-state index in [0.717, 1.165) is 73.1 Å². The number of nitrogens with zero attached hydrogens (tertiary/aromatic N) is 6. The maximum absolute atomic E-state index is 4.55. The molecule has 3 radical (unpaired) electrons. The van der Waals surface area contributed by atoms with Crippen LogP contribution in [-0.4, -0.2) is 29.9 Å². The zero-order valence-electron chi connectivity index (χ0n) is 53.1. The Labute approximate surface area is 606 Å². The molecular weight excluding hydrogens is 1710 g/mol. The van der Waals surface area contributed by atoms with Gasteiger partial charge in [0, 0.05) is 103 Å². The van der Waals surface area contributed by atoms with Gasteiger partial charge in [-0.05, 0) is 118 Å². The number of benzene rings is 9. The van der Waals surface area contributed by atoms with Gasteiger partial charge >= 0.3 is 0 Å². The maximum atomic E-state index is 4.55. The van der Waals surface area contributed by atoms with Crippen LogP contribution in [0.2, 0.25) is 0 Å². The summed E-state index contributed by atoms with van der Waals surface area (Å²) in [7, 11) is 0. The third kappa shape index (κ3) is 22.5. The van der Waals surface area contributed by atoms with Gasteiger partial charge in [-0.15, -0.1) is 215 Å². The number of pyridine rings is 6. The molecule has 6 nitrogen and oxygen atoms in total. The number of rotatable bonds is 9. The topological polar surface area (TPSA) is 77.3 Å². The normalized spacial score (nSPS) is 9.78. The molecule has 15 aromatic rings. The average molecular weight is 1770 g/mol. The third-order valence-corrected chi connectivity index (χ3v) is 14.4. The first-order valence-electron chi connectivity index (χ1n) is 30.5. The average Bonchev–Trinajstić information content (AvgIpc) is 0.957. The van der Waals surface area contributed by atoms with Gasteiger partial charge < -0.3 is 29.9 Å². The second kappa shape index (κ2) is 40.2. The van der Waals surface area contributed by atoms with Crippen LogP contribution in [0.5, 0.6) is 0 Å². The summed E-state index contributed by atoms with van der Waals surface area (Å²) in [5.74, 6) is 0. The molecule has 0 saturated heterocycles. The molecule has 0 spiro atoms. The molecule has 9 heteroatoms. The van der Waals surface area contributed by atoms with Crippen LogP contribution < -0.4 is 0 Å². The summed E-state index contributed by atoms with van der Waals surface area (Å²) in [6.45, 7) is 6.28. The van der Waals surface area contributed by atoms with E-state index in [0.29, 0.717) is 0 Å². The first-order valence-corrected chi connectivity index (χ1v) is 30.5. The Morgan fingerprint density at radius 2 is 0.594 bits per heavy atom. The van der Waals surface area contributed by atoms with E-state index in [9.17, 15) is 0 Å². The Kier molecular flexibility index (Phi) is 30.6. The Morgan fingerprint density at radius 3 is 0.990 bits per heavy atom. The maximum Gasteiger partial charge on any atom is 0.0242 e. The number of hydrogen-bond acceptors (Lipinski definition) is 6. The molecule has 6 aromatic heterocycles. The van der Waals surface area contributed by atoms with Gasteiger partial charge in [0.15, 0.2) is 0 Å². The number of aryl methyl sites for hydroxylation is 3. The van der Waals surface area contributed by atoms with Crippen molar-refractivity contribution in [1.82, 2.24) is 29.9 Å². The van der Waals surface area contributed by atoms with E-state index in [1.807, 2.05) is 262 Å². The van der Waals surface area contributed by atoms with Crippen LogP contribution in [0.4, 0.5) is 0 Å². The van der Waals surface area contributed by atoms with Crippen LogP contribution in [0.15, 0.2) is 347 Å². The van der Waals surface area contributed by atoms with E-state index in [1.54, 1.807) is 12.4 Å². The van der Waals surface area contributed by atoms with Crippen LogP contribution in [0, 0.1) is 57.2 Å². The van der Waals surface area contributed by atoms with E-state index in [2.05, 4.69) is 159 Å². The van der Waals surface area contributed by atoms with E-state index in [4.69, 9.17) is 0 Å². The summed E-state index contributed by atoms with van der Waals surface area (Å²) in [4.78, 5) is 26.2. The molecule has 0 atom stereocenters. The van der Waals surface area contributed by atoms with Crippen molar-refractivity contribution >= 4 is 0 Å². The van der Waals surface area contributed by atoms with Crippen molar-refractivity contribution in [3.63, 3.8) is 0 Å². The van der Waals surface area contributed by atoms with E-state index < -0.39 is 0 Å². The molecule has 6 heterocycles. The minimum absolute atomic E-state index is 0. The standard InChI is InChI=1S/2C18H14N.C17H12N.C12H10N.2C11H8N.3Ir/c1-14-12-18(16-10-6-3-7-11-16)19-13-17(14)15-8-4-2-5-9-15;1-14-7-5-6-10-17(14)16-11-12-19-18(13-16)15-8-3-2-4-9-15;1-3-7-14(8-4-1)16-11-12-17(18-13-16)15-9-5-2-6-10-15;1-10-7-8-12(13-9-10)11-5-3-2-4-6-11;2*1-2-6-10(7-3-1)11-8-4-5-9-12-11;;;/h2-10,12-13H,1H3;2-8,10-13H,1H3;1-9,11-13H;2-5,7-9H,1H3;2*1-6,8-9H;;;/q6*-1;;;. The van der Waals surface area contributed by atoms with Gasteiger partial charge in [-0.25, -0.2) is 0 Å². The minimum atomic E-state index is 0. The molecule has 477 valence electrons. The summed E-state index contributed by atoms with van der Waals surface area (Å²) in [5.41, 5.74) is 22.9. The van der Waals surface area contributed by atoms with Crippen molar-refractivity contribution in [2.75, 3.05) is 0 Å². The van der Waals surface area contributed by atoms with Crippen molar-refractivity contribution in [3.8, 4) is 101 Å². The zero-order chi connectivity index (χ0) is 63.9. The summed E-state index contributed by atoms with van der Waals surface area (Å²) < 4.78 is 0. The first kappa shape index (κ1) is 73.2. The number of aromatic nitrogens is 6. The van der Waals surface area contributed by atoms with Crippen molar-refractivity contribution < 1.29 is 60.3 Å². The second-order valence-corrected chi connectivity index (χ2v) is 21.1. The molecule has 0 aliphatic rings. The molecule has 9 aromatic carbocycles. The summed E-state index contributed by atoms with van der Waals surface area (Å²) in [6.07, 6.45) is 11.2. The molecule has 0 N–H and O–H groups in total. The fourth-order valence-corrected chi connectivity index (χ4v) is 9.61. The van der Waals surface area contributed by atoms with Gasteiger partial charge in [0.2, 0.25) is 0 Å². The Balaban J connectivity index is 0.000000163. The van der Waals surface area contributed by atoms with Crippen molar-refractivity contribution in [3.05, 3.63) is 400 Å². The predicted molar refractivity (Wildman–Crippen MR) is 382 cm³/mol. The molecule has 0 unspecified atom stereocenters. The Bertz CT molecular complexity index is 4360.